The van der Waals surface area contributed by atoms with E-state index < -0.39 is 0 Å². The Bertz CT molecular complexity index is 1550. The largest absolute Gasteiger partial charge is 0.0622 e. The van der Waals surface area contributed by atoms with Gasteiger partial charge < -0.3 is 0 Å². The number of hydrogen-bond acceptors (Lipinski definition) is 0. The minimum Gasteiger partial charge on any atom is -0.0622 e. The number of rotatable bonds is 1. The average Bonchev–Trinajstić information content (AvgIpc) is 3.37. The van der Waals surface area contributed by atoms with Gasteiger partial charge in [0, 0.05) is 11.8 Å². The maximum atomic E-state index is 2.39. The fraction of sp³-hybridized carbons (Fsp3) is 0.0625. The molecule has 0 radical (unpaired) electrons. The highest BCUT2D eigenvalue weighted by molar-refractivity contribution is 6.19. The summed E-state index contributed by atoms with van der Waals surface area (Å²) in [6.45, 7) is 0. The van der Waals surface area contributed by atoms with E-state index in [0.29, 0.717) is 5.92 Å². The fourth-order valence-electron chi connectivity index (χ4n) is 6.68. The van der Waals surface area contributed by atoms with Gasteiger partial charge in [-0.05, 0) is 66.8 Å². The van der Waals surface area contributed by atoms with Crippen LogP contribution in [-0.2, 0) is 0 Å². The van der Waals surface area contributed by atoms with E-state index in [1.54, 1.807) is 0 Å². The molecule has 32 heavy (non-hydrogen) atoms. The summed E-state index contributed by atoms with van der Waals surface area (Å²) in [4.78, 5) is 0. The van der Waals surface area contributed by atoms with Crippen LogP contribution in [0.2, 0.25) is 0 Å². The van der Waals surface area contributed by atoms with Crippen LogP contribution in [0.4, 0.5) is 0 Å². The fourth-order valence-corrected chi connectivity index (χ4v) is 6.68. The molecule has 0 fully saturated rings. The van der Waals surface area contributed by atoms with E-state index in [9.17, 15) is 0 Å². The molecule has 0 amide bonds. The molecule has 3 aromatic rings. The quantitative estimate of drug-likeness (QED) is 0.306. The Balaban J connectivity index is 1.58. The number of hydrogen-bond donors (Lipinski definition) is 0. The molecular formula is C32H20. The number of allylic oxidation sites excluding steroid dienone is 11. The van der Waals surface area contributed by atoms with Gasteiger partial charge >= 0.3 is 0 Å². The number of benzene rings is 3. The summed E-state index contributed by atoms with van der Waals surface area (Å²) in [5.74, 6) is 0.673. The Labute approximate surface area is 187 Å². The van der Waals surface area contributed by atoms with Crippen LogP contribution in [-0.4, -0.2) is 0 Å². The molecule has 2 unspecified atom stereocenters. The van der Waals surface area contributed by atoms with Crippen LogP contribution in [0.15, 0.2) is 126 Å². The molecule has 0 spiro atoms. The predicted molar refractivity (Wildman–Crippen MR) is 133 cm³/mol. The van der Waals surface area contributed by atoms with Crippen molar-refractivity contribution in [2.75, 3.05) is 0 Å². The molecule has 8 rings (SSSR count). The highest BCUT2D eigenvalue weighted by atomic mass is 14.5. The van der Waals surface area contributed by atoms with Gasteiger partial charge in [-0.25, -0.2) is 0 Å². The maximum Gasteiger partial charge on any atom is 0.0333 e. The predicted octanol–water partition coefficient (Wildman–Crippen LogP) is 7.63. The molecule has 0 N–H and O–H groups in total. The summed E-state index contributed by atoms with van der Waals surface area (Å²) in [6.07, 6.45) is 13.8. The van der Waals surface area contributed by atoms with Crippen molar-refractivity contribution >= 4 is 16.7 Å². The van der Waals surface area contributed by atoms with Crippen molar-refractivity contribution in [2.45, 2.75) is 0 Å². The van der Waals surface area contributed by atoms with Crippen molar-refractivity contribution in [1.29, 1.82) is 0 Å². The molecule has 0 saturated heterocycles. The van der Waals surface area contributed by atoms with E-state index in [1.165, 1.54) is 66.8 Å². The normalized spacial score (nSPS) is 22.9. The van der Waals surface area contributed by atoms with Crippen LogP contribution in [0.1, 0.15) is 22.3 Å². The van der Waals surface area contributed by atoms with Crippen LogP contribution >= 0.6 is 0 Å². The smallest absolute Gasteiger partial charge is 0.0333 e. The Morgan fingerprint density at radius 2 is 1.28 bits per heavy atom. The third-order valence-electron chi connectivity index (χ3n) is 7.79. The van der Waals surface area contributed by atoms with Gasteiger partial charge in [0.05, 0.1) is 0 Å². The van der Waals surface area contributed by atoms with Crippen molar-refractivity contribution in [2.24, 2.45) is 11.8 Å². The molecule has 3 aromatic carbocycles. The Morgan fingerprint density at radius 3 is 2.19 bits per heavy atom. The monoisotopic (exact) mass is 404 g/mol. The molecule has 5 aliphatic rings. The maximum absolute atomic E-state index is 2.39. The summed E-state index contributed by atoms with van der Waals surface area (Å²) in [5, 5.41) is 0. The third-order valence-corrected chi connectivity index (χ3v) is 7.79. The van der Waals surface area contributed by atoms with Crippen LogP contribution in [0.5, 0.6) is 0 Å². The van der Waals surface area contributed by atoms with Crippen molar-refractivity contribution in [3.8, 4) is 11.1 Å². The second kappa shape index (κ2) is 5.87. The molecule has 0 heteroatoms. The Morgan fingerprint density at radius 1 is 0.531 bits per heavy atom. The van der Waals surface area contributed by atoms with Crippen molar-refractivity contribution in [3.05, 3.63) is 148 Å². The Kier molecular flexibility index (Phi) is 3.07. The van der Waals surface area contributed by atoms with Crippen LogP contribution in [0, 0.1) is 11.8 Å². The first-order valence-electron chi connectivity index (χ1n) is 11.5. The van der Waals surface area contributed by atoms with Gasteiger partial charge in [0.2, 0.25) is 0 Å². The SMILES string of the molecule is C1=CC2=CC=CC3=C4c5cccc6c5C(=C(c5ccccc5)C4C(=C1)C23)c1ccccc1-6. The lowest BCUT2D eigenvalue weighted by molar-refractivity contribution is 0.839. The summed E-state index contributed by atoms with van der Waals surface area (Å²) >= 11 is 0. The Hall–Kier alpha value is -3.90. The molecule has 148 valence electrons. The molecule has 2 atom stereocenters. The van der Waals surface area contributed by atoms with Crippen LogP contribution < -0.4 is 0 Å². The van der Waals surface area contributed by atoms with Gasteiger partial charge in [-0.2, -0.15) is 0 Å². The summed E-state index contributed by atoms with van der Waals surface area (Å²) in [7, 11) is 0. The molecule has 0 nitrogen and oxygen atoms in total. The molecule has 5 aliphatic carbocycles. The lowest BCUT2D eigenvalue weighted by Crippen LogP contribution is -2.16. The topological polar surface area (TPSA) is 0 Å². The minimum absolute atomic E-state index is 0.289. The van der Waals surface area contributed by atoms with Gasteiger partial charge in [-0.1, -0.05) is 109 Å². The second-order valence-corrected chi connectivity index (χ2v) is 9.22. The summed E-state index contributed by atoms with van der Waals surface area (Å²) < 4.78 is 0. The second-order valence-electron chi connectivity index (χ2n) is 9.22. The van der Waals surface area contributed by atoms with E-state index in [0.717, 1.165) is 0 Å². The third kappa shape index (κ3) is 1.90. The minimum atomic E-state index is 0.289. The highest BCUT2D eigenvalue weighted by Crippen LogP contribution is 2.64. The van der Waals surface area contributed by atoms with Gasteiger partial charge in [0.1, 0.15) is 0 Å². The molecule has 0 heterocycles. The molecule has 0 saturated carbocycles. The highest BCUT2D eigenvalue weighted by Gasteiger charge is 2.47. The zero-order valence-corrected chi connectivity index (χ0v) is 17.5. The average molecular weight is 405 g/mol. The molecule has 0 bridgehead atoms. The van der Waals surface area contributed by atoms with E-state index in [4.69, 9.17) is 0 Å². The van der Waals surface area contributed by atoms with E-state index in [2.05, 4.69) is 109 Å². The zero-order valence-electron chi connectivity index (χ0n) is 17.5. The first kappa shape index (κ1) is 16.8. The van der Waals surface area contributed by atoms with Crippen LogP contribution in [0.3, 0.4) is 0 Å². The standard InChI is InChI=1S/C32H20/c1-2-9-20(10-3-1)28-31-23-14-5-4-13-21(23)22-15-8-18-26(29(22)31)30-24-16-6-11-19-12-7-17-25(27(19)24)32(28)30/h1-18,27,32H. The van der Waals surface area contributed by atoms with Gasteiger partial charge in [0.15, 0.2) is 0 Å². The first-order chi connectivity index (χ1) is 15.9. The van der Waals surface area contributed by atoms with Gasteiger partial charge in [0.25, 0.3) is 0 Å². The molecule has 0 aliphatic heterocycles. The van der Waals surface area contributed by atoms with Crippen LogP contribution in [0.25, 0.3) is 27.8 Å². The van der Waals surface area contributed by atoms with Crippen molar-refractivity contribution in [3.63, 3.8) is 0 Å². The summed E-state index contributed by atoms with van der Waals surface area (Å²) in [5.41, 5.74) is 17.2. The summed E-state index contributed by atoms with van der Waals surface area (Å²) in [6, 6.07) is 27.0. The van der Waals surface area contributed by atoms with Crippen molar-refractivity contribution in [1.82, 2.24) is 0 Å². The van der Waals surface area contributed by atoms with E-state index in [1.807, 2.05) is 0 Å². The van der Waals surface area contributed by atoms with Crippen molar-refractivity contribution < 1.29 is 0 Å². The van der Waals surface area contributed by atoms with Gasteiger partial charge in [-0.15, -0.1) is 0 Å². The zero-order chi connectivity index (χ0) is 20.8. The molecule has 0 aromatic heterocycles. The lowest BCUT2D eigenvalue weighted by atomic mass is 9.71. The number of fused-ring (bicyclic) bond motifs is 6. The van der Waals surface area contributed by atoms with Gasteiger partial charge in [-0.3, -0.25) is 0 Å². The van der Waals surface area contributed by atoms with E-state index in [-0.39, 0.29) is 5.92 Å². The van der Waals surface area contributed by atoms with E-state index >= 15 is 0 Å². The first-order valence-corrected chi connectivity index (χ1v) is 11.5. The molecular weight excluding hydrogens is 384 g/mol. The lowest BCUT2D eigenvalue weighted by Gasteiger charge is -2.32.